The molecule has 0 radical (unpaired) electrons. The summed E-state index contributed by atoms with van der Waals surface area (Å²) in [7, 11) is 6.21. The zero-order chi connectivity index (χ0) is 32.7. The van der Waals surface area contributed by atoms with E-state index < -0.39 is 0 Å². The van der Waals surface area contributed by atoms with Crippen LogP contribution in [0.25, 0.3) is 11.3 Å². The van der Waals surface area contributed by atoms with Crippen LogP contribution in [0.3, 0.4) is 0 Å². The summed E-state index contributed by atoms with van der Waals surface area (Å²) in [4.78, 5) is 11.5. The molecule has 1 unspecified atom stereocenters. The summed E-state index contributed by atoms with van der Waals surface area (Å²) in [5.41, 5.74) is 8.78. The summed E-state index contributed by atoms with van der Waals surface area (Å²) in [5.74, 6) is 5.02. The number of ether oxygens (including phenoxy) is 2. The van der Waals surface area contributed by atoms with Gasteiger partial charge < -0.3 is 14.6 Å². The third kappa shape index (κ3) is 8.54. The van der Waals surface area contributed by atoms with Crippen molar-refractivity contribution in [2.75, 3.05) is 40.4 Å². The standard InChI is InChI=1S/C38H48N3O3P/c1-9-30-23-41(22-29-19-38(6,45)20-29)17-16-32(30)27(4)26(3)24-44-37-25(2)12-10-14-33(37)35-15-11-13-31(40-35)18-36(43-8)34(21-39-7)28(5)42/h1,10-15,21,29,42H,5,16-20,22-24,45H2,2-4,6-8H3/b27-26+,36-34-,39-21?. The molecule has 1 fully saturated rings. The minimum absolute atomic E-state index is 0.102. The zero-order valence-electron chi connectivity index (χ0n) is 27.7. The van der Waals surface area contributed by atoms with Crippen LogP contribution in [0.4, 0.5) is 0 Å². The fraction of sp³-hybridized carbons (Fsp3) is 0.421. The van der Waals surface area contributed by atoms with Crippen LogP contribution in [-0.4, -0.2) is 66.8 Å². The zero-order valence-corrected chi connectivity index (χ0v) is 28.9. The number of aliphatic imine (C=N–C) groups is 1. The summed E-state index contributed by atoms with van der Waals surface area (Å²) in [6, 6.07) is 12.0. The molecule has 4 rings (SSSR count). The van der Waals surface area contributed by atoms with E-state index in [0.29, 0.717) is 29.5 Å². The number of aliphatic hydroxyl groups is 1. The Kier molecular flexibility index (Phi) is 11.5. The van der Waals surface area contributed by atoms with E-state index in [4.69, 9.17) is 20.9 Å². The predicted octanol–water partition coefficient (Wildman–Crippen LogP) is 7.67. The molecule has 6 nitrogen and oxygen atoms in total. The fourth-order valence-electron chi connectivity index (χ4n) is 6.47. The van der Waals surface area contributed by atoms with Crippen molar-refractivity contribution in [3.63, 3.8) is 0 Å². The van der Waals surface area contributed by atoms with Crippen LogP contribution in [0.2, 0.25) is 0 Å². The van der Waals surface area contributed by atoms with E-state index in [1.54, 1.807) is 14.2 Å². The van der Waals surface area contributed by atoms with Gasteiger partial charge >= 0.3 is 0 Å². The summed E-state index contributed by atoms with van der Waals surface area (Å²) >= 11 is 0. The second-order valence-corrected chi connectivity index (χ2v) is 14.1. The Morgan fingerprint density at radius 3 is 2.64 bits per heavy atom. The molecule has 2 aromatic rings. The van der Waals surface area contributed by atoms with Crippen molar-refractivity contribution < 1.29 is 14.6 Å². The first-order valence-electron chi connectivity index (χ1n) is 15.6. The van der Waals surface area contributed by atoms with Crippen LogP contribution in [0.15, 0.2) is 87.4 Å². The molecule has 1 atom stereocenters. The van der Waals surface area contributed by atoms with Crippen molar-refractivity contribution in [1.82, 2.24) is 9.88 Å². The number of benzene rings is 1. The summed E-state index contributed by atoms with van der Waals surface area (Å²) in [6.45, 7) is 15.8. The maximum Gasteiger partial charge on any atom is 0.132 e. The van der Waals surface area contributed by atoms with Crippen LogP contribution in [-0.2, 0) is 11.2 Å². The SMILES string of the molecule is C#CC1=C(/C(C)=C(\C)COc2c(C)cccc2-c2cccc(C/C(OC)=C(\C=NC)C(=C)O)n2)CCN(CC2CC(C)(P)C2)C1. The predicted molar refractivity (Wildman–Crippen MR) is 190 cm³/mol. The Balaban J connectivity index is 1.53. The normalized spacial score (nSPS) is 21.5. The van der Waals surface area contributed by atoms with Crippen molar-refractivity contribution in [2.24, 2.45) is 10.9 Å². The van der Waals surface area contributed by atoms with Gasteiger partial charge in [-0.25, -0.2) is 0 Å². The number of aromatic nitrogens is 1. The molecule has 1 aromatic heterocycles. The van der Waals surface area contributed by atoms with E-state index in [9.17, 15) is 5.11 Å². The lowest BCUT2D eigenvalue weighted by molar-refractivity contribution is 0.156. The third-order valence-electron chi connectivity index (χ3n) is 8.90. The lowest BCUT2D eigenvalue weighted by atomic mass is 9.74. The highest BCUT2D eigenvalue weighted by Crippen LogP contribution is 2.45. The number of hydrogen-bond donors (Lipinski definition) is 1. The number of para-hydroxylation sites is 1. The Morgan fingerprint density at radius 2 is 2.00 bits per heavy atom. The van der Waals surface area contributed by atoms with E-state index >= 15 is 0 Å². The first-order chi connectivity index (χ1) is 21.5. The Bertz CT molecular complexity index is 1580. The molecule has 1 saturated carbocycles. The highest BCUT2D eigenvalue weighted by atomic mass is 31.0. The van der Waals surface area contributed by atoms with Gasteiger partial charge in [0, 0.05) is 56.1 Å². The summed E-state index contributed by atoms with van der Waals surface area (Å²) in [5, 5.41) is 10.5. The number of pyridine rings is 1. The van der Waals surface area contributed by atoms with Crippen molar-refractivity contribution in [1.29, 1.82) is 0 Å². The smallest absolute Gasteiger partial charge is 0.132 e. The number of nitrogens with zero attached hydrogens (tertiary/aromatic N) is 3. The molecule has 1 aromatic carbocycles. The molecule has 45 heavy (non-hydrogen) atoms. The number of terminal acetylenes is 1. The molecule has 1 aliphatic carbocycles. The van der Waals surface area contributed by atoms with Crippen LogP contribution < -0.4 is 4.74 Å². The number of hydrogen-bond acceptors (Lipinski definition) is 6. The quantitative estimate of drug-likeness (QED) is 0.0863. The van der Waals surface area contributed by atoms with E-state index in [1.807, 2.05) is 30.3 Å². The Hall–Kier alpha value is -3.65. The number of allylic oxidation sites excluding steroid dienone is 3. The van der Waals surface area contributed by atoms with Gasteiger partial charge in [0.15, 0.2) is 0 Å². The van der Waals surface area contributed by atoms with Crippen LogP contribution in [0.5, 0.6) is 5.75 Å². The minimum atomic E-state index is -0.102. The van der Waals surface area contributed by atoms with Gasteiger partial charge in [0.1, 0.15) is 23.9 Å². The van der Waals surface area contributed by atoms with Crippen molar-refractivity contribution in [3.05, 3.63) is 93.6 Å². The highest BCUT2D eigenvalue weighted by Gasteiger charge is 2.37. The molecule has 0 bridgehead atoms. The lowest BCUT2D eigenvalue weighted by Gasteiger charge is -2.45. The van der Waals surface area contributed by atoms with Gasteiger partial charge in [-0.1, -0.05) is 37.6 Å². The van der Waals surface area contributed by atoms with Gasteiger partial charge in [0.2, 0.25) is 0 Å². The van der Waals surface area contributed by atoms with E-state index in [2.05, 4.69) is 65.4 Å². The van der Waals surface area contributed by atoms with Crippen molar-refractivity contribution in [2.45, 2.75) is 58.5 Å². The first kappa shape index (κ1) is 34.2. The molecule has 0 amide bonds. The number of methoxy groups -OCH3 is 1. The number of aryl methyl sites for hydroxylation is 1. The van der Waals surface area contributed by atoms with Crippen LogP contribution in [0.1, 0.15) is 51.3 Å². The largest absolute Gasteiger partial charge is 0.508 e. The summed E-state index contributed by atoms with van der Waals surface area (Å²) in [6.07, 6.45) is 11.5. The van der Waals surface area contributed by atoms with Crippen molar-refractivity contribution in [3.8, 4) is 29.4 Å². The summed E-state index contributed by atoms with van der Waals surface area (Å²) < 4.78 is 12.1. The van der Waals surface area contributed by atoms with Gasteiger partial charge in [-0.2, -0.15) is 0 Å². The Labute approximate surface area is 272 Å². The molecule has 2 aliphatic rings. The monoisotopic (exact) mass is 625 g/mol. The maximum absolute atomic E-state index is 10.1. The van der Waals surface area contributed by atoms with Gasteiger partial charge in [0.05, 0.1) is 18.4 Å². The molecule has 2 heterocycles. The number of rotatable bonds is 12. The first-order valence-corrected chi connectivity index (χ1v) is 16.2. The van der Waals surface area contributed by atoms with Crippen LogP contribution in [0, 0.1) is 25.2 Å². The van der Waals surface area contributed by atoms with E-state index in [1.165, 1.54) is 35.8 Å². The Morgan fingerprint density at radius 1 is 1.27 bits per heavy atom. The maximum atomic E-state index is 10.1. The molecular formula is C38H48N3O3P. The minimum Gasteiger partial charge on any atom is -0.508 e. The highest BCUT2D eigenvalue weighted by molar-refractivity contribution is 7.19. The van der Waals surface area contributed by atoms with Gasteiger partial charge in [-0.05, 0) is 91.6 Å². The van der Waals surface area contributed by atoms with Gasteiger partial charge in [-0.15, -0.1) is 15.7 Å². The van der Waals surface area contributed by atoms with Crippen LogP contribution >= 0.6 is 9.24 Å². The second-order valence-electron chi connectivity index (χ2n) is 12.7. The second kappa shape index (κ2) is 15.1. The van der Waals surface area contributed by atoms with Gasteiger partial charge in [0.25, 0.3) is 0 Å². The average Bonchev–Trinajstić information content (AvgIpc) is 3.00. The molecular weight excluding hydrogens is 577 g/mol. The van der Waals surface area contributed by atoms with Crippen molar-refractivity contribution >= 4 is 15.5 Å². The van der Waals surface area contributed by atoms with Gasteiger partial charge in [-0.3, -0.25) is 14.9 Å². The topological polar surface area (TPSA) is 67.2 Å². The van der Waals surface area contributed by atoms with E-state index in [-0.39, 0.29) is 5.76 Å². The molecule has 1 aliphatic heterocycles. The average molecular weight is 626 g/mol. The molecule has 1 N–H and O–H groups in total. The molecule has 7 heteroatoms. The number of aliphatic hydroxyl groups excluding tert-OH is 1. The lowest BCUT2D eigenvalue weighted by Crippen LogP contribution is -2.44. The fourth-order valence-corrected chi connectivity index (χ4v) is 7.14. The molecule has 0 saturated heterocycles. The molecule has 0 spiro atoms. The molecule has 238 valence electrons. The van der Waals surface area contributed by atoms with E-state index in [0.717, 1.165) is 65.8 Å². The third-order valence-corrected chi connectivity index (χ3v) is 9.37.